The number of ether oxygens (including phenoxy) is 3. The maximum Gasteiger partial charge on any atom is 0.331 e. The lowest BCUT2D eigenvalue weighted by Gasteiger charge is -2.06. The minimum Gasteiger partial charge on any atom is -0.458 e. The van der Waals surface area contributed by atoms with Gasteiger partial charge in [-0.25, -0.2) is 9.78 Å². The second kappa shape index (κ2) is 7.76. The van der Waals surface area contributed by atoms with Gasteiger partial charge >= 0.3 is 5.97 Å². The maximum atomic E-state index is 12.1. The molecule has 0 fully saturated rings. The van der Waals surface area contributed by atoms with Crippen LogP contribution in [0.2, 0.25) is 5.15 Å². The van der Waals surface area contributed by atoms with Gasteiger partial charge in [-0.15, -0.1) is 0 Å². The summed E-state index contributed by atoms with van der Waals surface area (Å²) in [5.41, 5.74) is 1.28. The first kappa shape index (κ1) is 18.7. The molecule has 0 atom stereocenters. The molecule has 3 aromatic rings. The summed E-state index contributed by atoms with van der Waals surface area (Å²) in [7, 11) is 0. The highest BCUT2D eigenvalue weighted by molar-refractivity contribution is 6.30. The number of nitro benzene ring substituents is 1. The minimum absolute atomic E-state index is 0.0117. The van der Waals surface area contributed by atoms with Gasteiger partial charge in [-0.2, -0.15) is 0 Å². The van der Waals surface area contributed by atoms with E-state index in [1.807, 2.05) is 24.3 Å². The molecule has 2 aromatic carbocycles. The minimum atomic E-state index is -0.679. The quantitative estimate of drug-likeness (QED) is 0.202. The lowest BCUT2D eigenvalue weighted by molar-refractivity contribution is -0.385. The Kier molecular flexibility index (Phi) is 5.01. The van der Waals surface area contributed by atoms with Crippen LogP contribution in [0, 0.1) is 10.1 Å². The van der Waals surface area contributed by atoms with E-state index in [0.29, 0.717) is 11.3 Å². The Morgan fingerprint density at radius 1 is 1.24 bits per heavy atom. The van der Waals surface area contributed by atoms with Crippen molar-refractivity contribution >= 4 is 40.2 Å². The SMILES string of the molecule is O=C(C=Cc1cc2c(cc1[N+](=O)[O-])OCO2)OCc1cc2ccccc2nc1Cl. The lowest BCUT2D eigenvalue weighted by Crippen LogP contribution is -2.02. The van der Waals surface area contributed by atoms with Crippen LogP contribution in [0.3, 0.4) is 0 Å². The zero-order valence-electron chi connectivity index (χ0n) is 14.8. The molecule has 0 saturated heterocycles. The number of hydrogen-bond acceptors (Lipinski definition) is 7. The number of carbonyl (C=O) groups excluding carboxylic acids is 1. The van der Waals surface area contributed by atoms with Crippen molar-refractivity contribution in [2.24, 2.45) is 0 Å². The van der Waals surface area contributed by atoms with Crippen LogP contribution in [0.4, 0.5) is 5.69 Å². The van der Waals surface area contributed by atoms with Gasteiger partial charge in [0.15, 0.2) is 11.5 Å². The van der Waals surface area contributed by atoms with Crippen LogP contribution in [-0.2, 0) is 16.1 Å². The van der Waals surface area contributed by atoms with Crippen LogP contribution in [0.1, 0.15) is 11.1 Å². The van der Waals surface area contributed by atoms with E-state index in [2.05, 4.69) is 4.98 Å². The fourth-order valence-electron chi connectivity index (χ4n) is 2.83. The predicted octanol–water partition coefficient (Wildman–Crippen LogP) is 4.28. The summed E-state index contributed by atoms with van der Waals surface area (Å²) >= 11 is 6.15. The van der Waals surface area contributed by atoms with E-state index in [-0.39, 0.29) is 35.6 Å². The normalized spacial score (nSPS) is 12.4. The Morgan fingerprint density at radius 3 is 2.79 bits per heavy atom. The molecule has 29 heavy (non-hydrogen) atoms. The van der Waals surface area contributed by atoms with Crippen molar-refractivity contribution in [2.45, 2.75) is 6.61 Å². The Balaban J connectivity index is 1.48. The summed E-state index contributed by atoms with van der Waals surface area (Å²) in [5.74, 6) is -0.0197. The monoisotopic (exact) mass is 412 g/mol. The van der Waals surface area contributed by atoms with Crippen LogP contribution in [0.25, 0.3) is 17.0 Å². The van der Waals surface area contributed by atoms with Crippen molar-refractivity contribution in [2.75, 3.05) is 6.79 Å². The van der Waals surface area contributed by atoms with Crippen LogP contribution >= 0.6 is 11.6 Å². The third-order valence-electron chi connectivity index (χ3n) is 4.24. The number of pyridine rings is 1. The van der Waals surface area contributed by atoms with Gasteiger partial charge in [-0.3, -0.25) is 10.1 Å². The Morgan fingerprint density at radius 2 is 2.00 bits per heavy atom. The fourth-order valence-corrected chi connectivity index (χ4v) is 3.03. The van der Waals surface area contributed by atoms with Crippen LogP contribution < -0.4 is 9.47 Å². The number of benzene rings is 2. The van der Waals surface area contributed by atoms with Crippen molar-refractivity contribution in [3.05, 3.63) is 74.9 Å². The fraction of sp³-hybridized carbons (Fsp3) is 0.100. The molecular weight excluding hydrogens is 400 g/mol. The molecule has 0 bridgehead atoms. The first-order chi connectivity index (χ1) is 14.0. The number of para-hydroxylation sites is 1. The van der Waals surface area contributed by atoms with Crippen LogP contribution in [0.5, 0.6) is 11.5 Å². The molecule has 8 nitrogen and oxygen atoms in total. The van der Waals surface area contributed by atoms with Gasteiger partial charge in [0.25, 0.3) is 5.69 Å². The van der Waals surface area contributed by atoms with Crippen LogP contribution in [-0.4, -0.2) is 22.7 Å². The molecule has 0 saturated carbocycles. The summed E-state index contributed by atoms with van der Waals surface area (Å²) in [4.78, 5) is 27.0. The molecule has 2 heterocycles. The molecule has 4 rings (SSSR count). The summed E-state index contributed by atoms with van der Waals surface area (Å²) in [6.45, 7) is -0.0919. The summed E-state index contributed by atoms with van der Waals surface area (Å²) in [6.07, 6.45) is 2.40. The van der Waals surface area contributed by atoms with Gasteiger partial charge in [0.2, 0.25) is 6.79 Å². The topological polar surface area (TPSA) is 101 Å². The molecule has 0 radical (unpaired) electrons. The standard InChI is InChI=1S/C20H13ClN2O6/c21-20-14(7-12-3-1-2-4-15(12)22-20)10-27-19(24)6-5-13-8-17-18(29-11-28-17)9-16(13)23(25)26/h1-9H,10-11H2. The van der Waals surface area contributed by atoms with Gasteiger partial charge < -0.3 is 14.2 Å². The Bertz CT molecular complexity index is 1160. The molecule has 9 heteroatoms. The van der Waals surface area contributed by atoms with Gasteiger partial charge in [0.1, 0.15) is 11.8 Å². The molecule has 0 N–H and O–H groups in total. The zero-order valence-corrected chi connectivity index (χ0v) is 15.6. The van der Waals surface area contributed by atoms with E-state index in [1.54, 1.807) is 6.07 Å². The second-order valence-corrected chi connectivity index (χ2v) is 6.45. The predicted molar refractivity (Wildman–Crippen MR) is 105 cm³/mol. The molecular formula is C20H13ClN2O6. The molecule has 1 aliphatic heterocycles. The number of hydrogen-bond donors (Lipinski definition) is 0. The number of halogens is 1. The number of nitro groups is 1. The summed E-state index contributed by atoms with van der Waals surface area (Å²) in [6, 6.07) is 11.9. The highest BCUT2D eigenvalue weighted by atomic mass is 35.5. The van der Waals surface area contributed by atoms with Crippen molar-refractivity contribution in [3.8, 4) is 11.5 Å². The van der Waals surface area contributed by atoms with Crippen LogP contribution in [0.15, 0.2) is 48.5 Å². The number of esters is 1. The molecule has 0 aliphatic carbocycles. The molecule has 0 unspecified atom stereocenters. The van der Waals surface area contributed by atoms with E-state index >= 15 is 0 Å². The summed E-state index contributed by atoms with van der Waals surface area (Å²) < 4.78 is 15.6. The van der Waals surface area contributed by atoms with E-state index < -0.39 is 10.9 Å². The smallest absolute Gasteiger partial charge is 0.331 e. The molecule has 146 valence electrons. The number of aromatic nitrogens is 1. The summed E-state index contributed by atoms with van der Waals surface area (Å²) in [5, 5.41) is 12.4. The van der Waals surface area contributed by atoms with E-state index in [4.69, 9.17) is 25.8 Å². The average Bonchev–Trinajstić information content (AvgIpc) is 3.17. The molecule has 0 spiro atoms. The maximum absolute atomic E-state index is 12.1. The van der Waals surface area contributed by atoms with Crippen molar-refractivity contribution in [1.82, 2.24) is 4.98 Å². The first-order valence-electron chi connectivity index (χ1n) is 8.48. The van der Waals surface area contributed by atoms with E-state index in [0.717, 1.165) is 17.0 Å². The lowest BCUT2D eigenvalue weighted by atomic mass is 10.1. The largest absolute Gasteiger partial charge is 0.458 e. The first-order valence-corrected chi connectivity index (χ1v) is 8.86. The van der Waals surface area contributed by atoms with Gasteiger partial charge in [-0.1, -0.05) is 29.8 Å². The van der Waals surface area contributed by atoms with E-state index in [9.17, 15) is 14.9 Å². The number of nitrogens with zero attached hydrogens (tertiary/aromatic N) is 2. The average molecular weight is 413 g/mol. The van der Waals surface area contributed by atoms with E-state index in [1.165, 1.54) is 18.2 Å². The second-order valence-electron chi connectivity index (χ2n) is 6.09. The number of carbonyl (C=O) groups is 1. The van der Waals surface area contributed by atoms with Gasteiger partial charge in [0, 0.05) is 17.0 Å². The van der Waals surface area contributed by atoms with Gasteiger partial charge in [-0.05, 0) is 24.3 Å². The number of fused-ring (bicyclic) bond motifs is 2. The van der Waals surface area contributed by atoms with Gasteiger partial charge in [0.05, 0.1) is 22.1 Å². The molecule has 1 aliphatic rings. The highest BCUT2D eigenvalue weighted by Crippen LogP contribution is 2.38. The third kappa shape index (κ3) is 3.97. The Labute approximate surface area is 169 Å². The molecule has 1 aromatic heterocycles. The van der Waals surface area contributed by atoms with Crippen molar-refractivity contribution in [3.63, 3.8) is 0 Å². The zero-order chi connectivity index (χ0) is 20.4. The third-order valence-corrected chi connectivity index (χ3v) is 4.56. The highest BCUT2D eigenvalue weighted by Gasteiger charge is 2.22. The Hall–Kier alpha value is -3.65. The molecule has 0 amide bonds. The van der Waals surface area contributed by atoms with Crippen molar-refractivity contribution in [1.29, 1.82) is 0 Å². The number of rotatable bonds is 5. The van der Waals surface area contributed by atoms with Crippen molar-refractivity contribution < 1.29 is 23.9 Å².